The van der Waals surface area contributed by atoms with E-state index in [0.29, 0.717) is 28.8 Å². The first-order chi connectivity index (χ1) is 14.9. The molecule has 0 spiro atoms. The summed E-state index contributed by atoms with van der Waals surface area (Å²) < 4.78 is 92.5. The van der Waals surface area contributed by atoms with Gasteiger partial charge in [0.05, 0.1) is 35.9 Å². The number of rotatable bonds is 4. The first-order valence-electron chi connectivity index (χ1n) is 8.87. The third kappa shape index (κ3) is 4.61. The molecular weight excluding hydrogens is 481 g/mol. The molecule has 0 aliphatic heterocycles. The summed E-state index contributed by atoms with van der Waals surface area (Å²) in [6, 6.07) is 8.56. The summed E-state index contributed by atoms with van der Waals surface area (Å²) in [5.74, 6) is -0.0673. The smallest absolute Gasteiger partial charge is 0.417 e. The van der Waals surface area contributed by atoms with Gasteiger partial charge in [-0.25, -0.2) is 0 Å². The van der Waals surface area contributed by atoms with E-state index in [2.05, 4.69) is 0 Å². The van der Waals surface area contributed by atoms with Crippen molar-refractivity contribution in [3.05, 3.63) is 69.7 Å². The van der Waals surface area contributed by atoms with Gasteiger partial charge < -0.3 is 9.47 Å². The van der Waals surface area contributed by atoms with Crippen LogP contribution in [0.2, 0.25) is 10.0 Å². The molecule has 0 fully saturated rings. The molecule has 0 aliphatic rings. The summed E-state index contributed by atoms with van der Waals surface area (Å²) in [4.78, 5) is 0. The van der Waals surface area contributed by atoms with E-state index in [0.717, 1.165) is 12.1 Å². The highest BCUT2D eigenvalue weighted by Gasteiger charge is 2.41. The Morgan fingerprint density at radius 2 is 1.19 bits per heavy atom. The number of ether oxygens (including phenoxy) is 2. The van der Waals surface area contributed by atoms with E-state index in [1.807, 2.05) is 0 Å². The van der Waals surface area contributed by atoms with Gasteiger partial charge in [0.1, 0.15) is 11.5 Å². The first kappa shape index (κ1) is 24.1. The predicted octanol–water partition coefficient (Wildman–Crippen LogP) is 8.38. The average molecular weight is 495 g/mol. The van der Waals surface area contributed by atoms with Crippen LogP contribution < -0.4 is 9.47 Å². The number of alkyl halides is 6. The second kappa shape index (κ2) is 8.75. The van der Waals surface area contributed by atoms with E-state index in [1.54, 1.807) is 0 Å². The normalized spacial score (nSPS) is 12.1. The molecule has 0 bridgehead atoms. The fraction of sp³-hybridized carbons (Fsp3) is 0.182. The molecule has 3 aromatic carbocycles. The lowest BCUT2D eigenvalue weighted by atomic mass is 9.91. The monoisotopic (exact) mass is 494 g/mol. The maximum atomic E-state index is 13.6. The zero-order chi connectivity index (χ0) is 23.8. The van der Waals surface area contributed by atoms with E-state index in [4.69, 9.17) is 32.7 Å². The zero-order valence-electron chi connectivity index (χ0n) is 16.5. The molecule has 0 amide bonds. The van der Waals surface area contributed by atoms with Crippen molar-refractivity contribution in [1.82, 2.24) is 0 Å². The van der Waals surface area contributed by atoms with Crippen molar-refractivity contribution in [3.8, 4) is 33.8 Å². The van der Waals surface area contributed by atoms with Gasteiger partial charge in [0.15, 0.2) is 0 Å². The van der Waals surface area contributed by atoms with Crippen molar-refractivity contribution in [2.45, 2.75) is 12.4 Å². The van der Waals surface area contributed by atoms with Crippen molar-refractivity contribution in [1.29, 1.82) is 0 Å². The minimum atomic E-state index is -5.03. The zero-order valence-corrected chi connectivity index (χ0v) is 18.0. The summed E-state index contributed by atoms with van der Waals surface area (Å²) in [6.45, 7) is 0. The molecule has 170 valence electrons. The number of hydrogen-bond donors (Lipinski definition) is 0. The van der Waals surface area contributed by atoms with Gasteiger partial charge in [-0.05, 0) is 42.0 Å². The van der Waals surface area contributed by atoms with Crippen molar-refractivity contribution in [2.75, 3.05) is 14.2 Å². The van der Waals surface area contributed by atoms with Gasteiger partial charge in [-0.1, -0.05) is 35.3 Å². The molecule has 10 heteroatoms. The molecule has 0 saturated carbocycles. The lowest BCUT2D eigenvalue weighted by Crippen LogP contribution is -2.14. The van der Waals surface area contributed by atoms with Crippen LogP contribution in [-0.4, -0.2) is 14.2 Å². The molecule has 0 radical (unpaired) electrons. The minimum Gasteiger partial charge on any atom is -0.496 e. The Bertz CT molecular complexity index is 1100. The molecule has 0 heterocycles. The third-order valence-electron chi connectivity index (χ3n) is 4.67. The molecule has 0 N–H and O–H groups in total. The van der Waals surface area contributed by atoms with Gasteiger partial charge in [0.25, 0.3) is 0 Å². The van der Waals surface area contributed by atoms with Gasteiger partial charge in [0, 0.05) is 16.1 Å². The van der Waals surface area contributed by atoms with Gasteiger partial charge in [-0.15, -0.1) is 0 Å². The summed E-state index contributed by atoms with van der Waals surface area (Å²) in [5, 5.41) is 0.524. The minimum absolute atomic E-state index is 0.0336. The van der Waals surface area contributed by atoms with Crippen LogP contribution in [0.1, 0.15) is 11.1 Å². The fourth-order valence-corrected chi connectivity index (χ4v) is 3.85. The molecular formula is C22H14Cl2F6O2. The summed E-state index contributed by atoms with van der Waals surface area (Å²) in [6.07, 6.45) is -10.1. The van der Waals surface area contributed by atoms with E-state index in [-0.39, 0.29) is 27.6 Å². The van der Waals surface area contributed by atoms with Crippen LogP contribution in [0.15, 0.2) is 48.5 Å². The quantitative estimate of drug-likeness (QED) is 0.339. The molecule has 3 aromatic rings. The highest BCUT2D eigenvalue weighted by Crippen LogP contribution is 2.49. The van der Waals surface area contributed by atoms with E-state index < -0.39 is 29.0 Å². The van der Waals surface area contributed by atoms with Crippen LogP contribution in [0.25, 0.3) is 22.3 Å². The maximum Gasteiger partial charge on any atom is 0.417 e. The molecule has 3 rings (SSSR count). The van der Waals surface area contributed by atoms with E-state index in [1.165, 1.54) is 32.4 Å². The molecule has 0 aromatic heterocycles. The number of methoxy groups -OCH3 is 2. The highest BCUT2D eigenvalue weighted by atomic mass is 35.5. The standard InChI is InChI=1S/C22H14Cl2F6O2/c1-31-17-8-11(9-18(32-2)20(17)13-7-6-12(23)10-16(13)24)19-14(21(25,26)27)4-3-5-15(19)22(28,29)30/h3-10H,1-2H3. The highest BCUT2D eigenvalue weighted by molar-refractivity contribution is 6.36. The van der Waals surface area contributed by atoms with Crippen LogP contribution in [-0.2, 0) is 12.4 Å². The van der Waals surface area contributed by atoms with Gasteiger partial charge in [0.2, 0.25) is 0 Å². The number of benzene rings is 3. The summed E-state index contributed by atoms with van der Waals surface area (Å²) >= 11 is 12.2. The van der Waals surface area contributed by atoms with Crippen molar-refractivity contribution >= 4 is 23.2 Å². The molecule has 0 unspecified atom stereocenters. The van der Waals surface area contributed by atoms with Crippen LogP contribution in [0.3, 0.4) is 0 Å². The summed E-state index contributed by atoms with van der Waals surface area (Å²) in [5.41, 5.74) is -3.66. The molecule has 2 nitrogen and oxygen atoms in total. The first-order valence-corrected chi connectivity index (χ1v) is 9.63. The second-order valence-corrected chi connectivity index (χ2v) is 7.45. The average Bonchev–Trinajstić information content (AvgIpc) is 2.71. The Hall–Kier alpha value is -2.58. The van der Waals surface area contributed by atoms with Gasteiger partial charge >= 0.3 is 12.4 Å². The second-order valence-electron chi connectivity index (χ2n) is 6.60. The molecule has 0 aliphatic carbocycles. The topological polar surface area (TPSA) is 18.5 Å². The van der Waals surface area contributed by atoms with Crippen molar-refractivity contribution < 1.29 is 35.8 Å². The van der Waals surface area contributed by atoms with Gasteiger partial charge in [-0.3, -0.25) is 0 Å². The Labute approximate surface area is 189 Å². The maximum absolute atomic E-state index is 13.6. The van der Waals surface area contributed by atoms with Crippen LogP contribution in [0.5, 0.6) is 11.5 Å². The van der Waals surface area contributed by atoms with Crippen LogP contribution in [0.4, 0.5) is 26.3 Å². The molecule has 0 saturated heterocycles. The van der Waals surface area contributed by atoms with E-state index >= 15 is 0 Å². The molecule has 32 heavy (non-hydrogen) atoms. The predicted molar refractivity (Wildman–Crippen MR) is 110 cm³/mol. The number of hydrogen-bond acceptors (Lipinski definition) is 2. The summed E-state index contributed by atoms with van der Waals surface area (Å²) in [7, 11) is 2.46. The van der Waals surface area contributed by atoms with Crippen molar-refractivity contribution in [2.24, 2.45) is 0 Å². The van der Waals surface area contributed by atoms with Gasteiger partial charge in [-0.2, -0.15) is 26.3 Å². The largest absolute Gasteiger partial charge is 0.496 e. The van der Waals surface area contributed by atoms with Crippen molar-refractivity contribution in [3.63, 3.8) is 0 Å². The molecule has 0 atom stereocenters. The van der Waals surface area contributed by atoms with Crippen LogP contribution >= 0.6 is 23.2 Å². The lowest BCUT2D eigenvalue weighted by molar-refractivity contribution is -0.142. The third-order valence-corrected chi connectivity index (χ3v) is 5.22. The Kier molecular flexibility index (Phi) is 6.58. The Balaban J connectivity index is 2.39. The Morgan fingerprint density at radius 3 is 1.59 bits per heavy atom. The number of halogens is 8. The fourth-order valence-electron chi connectivity index (χ4n) is 3.35. The van der Waals surface area contributed by atoms with E-state index in [9.17, 15) is 26.3 Å². The lowest BCUT2D eigenvalue weighted by Gasteiger charge is -2.21. The Morgan fingerprint density at radius 1 is 0.688 bits per heavy atom. The SMILES string of the molecule is COc1cc(-c2c(C(F)(F)F)cccc2C(F)(F)F)cc(OC)c1-c1ccc(Cl)cc1Cl. The van der Waals surface area contributed by atoms with Crippen LogP contribution in [0, 0.1) is 0 Å².